The third-order valence-corrected chi connectivity index (χ3v) is 1.45. The summed E-state index contributed by atoms with van der Waals surface area (Å²) < 4.78 is 14.9. The van der Waals surface area contributed by atoms with Gasteiger partial charge in [-0.25, -0.2) is 4.79 Å². The molecule has 0 aliphatic carbocycles. The lowest BCUT2D eigenvalue weighted by molar-refractivity contribution is 0.178. The molecule has 0 bridgehead atoms. The van der Waals surface area contributed by atoms with Crippen LogP contribution in [-0.4, -0.2) is 13.2 Å². The summed E-state index contributed by atoms with van der Waals surface area (Å²) in [4.78, 5) is 10.9. The van der Waals surface area contributed by atoms with Gasteiger partial charge in [-0.3, -0.25) is 0 Å². The van der Waals surface area contributed by atoms with Gasteiger partial charge >= 0.3 is 5.63 Å². The maximum atomic E-state index is 10.9. The zero-order valence-corrected chi connectivity index (χ0v) is 7.99. The van der Waals surface area contributed by atoms with E-state index in [9.17, 15) is 4.79 Å². The Labute approximate surface area is 81.8 Å². The van der Waals surface area contributed by atoms with E-state index < -0.39 is 5.63 Å². The molecule has 1 aromatic heterocycles. The van der Waals surface area contributed by atoms with Gasteiger partial charge in [-0.1, -0.05) is 6.58 Å². The van der Waals surface area contributed by atoms with Crippen LogP contribution in [0, 0.1) is 6.92 Å². The van der Waals surface area contributed by atoms with Gasteiger partial charge in [0.15, 0.2) is 0 Å². The van der Waals surface area contributed by atoms with Gasteiger partial charge < -0.3 is 13.9 Å². The summed E-state index contributed by atoms with van der Waals surface area (Å²) in [5, 5.41) is 0. The highest BCUT2D eigenvalue weighted by Crippen LogP contribution is 2.08. The second-order valence-electron chi connectivity index (χ2n) is 2.61. The molecule has 0 unspecified atom stereocenters. The molecule has 0 aliphatic heterocycles. The molecule has 76 valence electrons. The Morgan fingerprint density at radius 1 is 1.50 bits per heavy atom. The van der Waals surface area contributed by atoms with E-state index in [1.807, 2.05) is 0 Å². The minimum atomic E-state index is -0.412. The van der Waals surface area contributed by atoms with Crippen molar-refractivity contribution in [3.63, 3.8) is 0 Å². The van der Waals surface area contributed by atoms with Crippen LogP contribution in [0.2, 0.25) is 0 Å². The Morgan fingerprint density at radius 2 is 2.29 bits per heavy atom. The predicted molar refractivity (Wildman–Crippen MR) is 51.4 cm³/mol. The van der Waals surface area contributed by atoms with E-state index in [1.54, 1.807) is 13.0 Å². The second kappa shape index (κ2) is 5.11. The lowest BCUT2D eigenvalue weighted by atomic mass is 10.4. The number of hydrogen-bond acceptors (Lipinski definition) is 4. The molecule has 0 saturated carbocycles. The average molecular weight is 196 g/mol. The fourth-order valence-electron chi connectivity index (χ4n) is 0.950. The highest BCUT2D eigenvalue weighted by atomic mass is 16.5. The third-order valence-electron chi connectivity index (χ3n) is 1.45. The van der Waals surface area contributed by atoms with Gasteiger partial charge in [0.25, 0.3) is 0 Å². The lowest BCUT2D eigenvalue weighted by Gasteiger charge is -2.05. The molecule has 1 heterocycles. The molecule has 0 saturated heterocycles. The monoisotopic (exact) mass is 196 g/mol. The van der Waals surface area contributed by atoms with Crippen LogP contribution in [-0.2, 0) is 4.74 Å². The summed E-state index contributed by atoms with van der Waals surface area (Å²) in [5.74, 6) is 1.02. The molecule has 0 N–H and O–H groups in total. The van der Waals surface area contributed by atoms with E-state index in [1.165, 1.54) is 12.3 Å². The molecule has 0 fully saturated rings. The van der Waals surface area contributed by atoms with Gasteiger partial charge in [0.05, 0.1) is 12.3 Å². The first-order valence-electron chi connectivity index (χ1n) is 4.19. The molecule has 0 atom stereocenters. The summed E-state index contributed by atoms with van der Waals surface area (Å²) in [6.45, 7) is 5.86. The third kappa shape index (κ3) is 3.35. The van der Waals surface area contributed by atoms with E-state index in [0.29, 0.717) is 24.7 Å². The Morgan fingerprint density at radius 3 is 2.93 bits per heavy atom. The fraction of sp³-hybridized carbons (Fsp3) is 0.300. The molecule has 1 rings (SSSR count). The van der Waals surface area contributed by atoms with Gasteiger partial charge in [-0.15, -0.1) is 0 Å². The van der Waals surface area contributed by atoms with E-state index in [0.717, 1.165) is 0 Å². The normalized spacial score (nSPS) is 9.50. The Hall–Kier alpha value is -1.71. The van der Waals surface area contributed by atoms with Gasteiger partial charge in [-0.2, -0.15) is 0 Å². The first kappa shape index (κ1) is 10.4. The average Bonchev–Trinajstić information content (AvgIpc) is 2.11. The lowest BCUT2D eigenvalue weighted by Crippen LogP contribution is -2.06. The van der Waals surface area contributed by atoms with E-state index >= 15 is 0 Å². The van der Waals surface area contributed by atoms with Crippen molar-refractivity contribution in [1.82, 2.24) is 0 Å². The van der Waals surface area contributed by atoms with Gasteiger partial charge in [0.1, 0.15) is 24.7 Å². The highest BCUT2D eigenvalue weighted by molar-refractivity contribution is 5.19. The molecule has 4 nitrogen and oxygen atoms in total. The van der Waals surface area contributed by atoms with E-state index in [2.05, 4.69) is 6.58 Å². The van der Waals surface area contributed by atoms with Gasteiger partial charge in [-0.05, 0) is 6.92 Å². The molecule has 0 spiro atoms. The Bertz CT molecular complexity index is 353. The van der Waals surface area contributed by atoms with Crippen molar-refractivity contribution in [1.29, 1.82) is 0 Å². The highest BCUT2D eigenvalue weighted by Gasteiger charge is 1.98. The van der Waals surface area contributed by atoms with Gasteiger partial charge in [0, 0.05) is 6.07 Å². The largest absolute Gasteiger partial charge is 0.498 e. The maximum Gasteiger partial charge on any atom is 0.339 e. The number of rotatable bonds is 5. The molecular weight excluding hydrogens is 184 g/mol. The van der Waals surface area contributed by atoms with Crippen LogP contribution >= 0.6 is 0 Å². The van der Waals surface area contributed by atoms with Gasteiger partial charge in [0.2, 0.25) is 0 Å². The van der Waals surface area contributed by atoms with Crippen molar-refractivity contribution in [2.75, 3.05) is 13.2 Å². The molecule has 0 aliphatic rings. The van der Waals surface area contributed by atoms with Crippen molar-refractivity contribution in [2.45, 2.75) is 6.92 Å². The Kier molecular flexibility index (Phi) is 3.79. The predicted octanol–water partition coefficient (Wildman–Crippen LogP) is 1.49. The fourth-order valence-corrected chi connectivity index (χ4v) is 0.950. The Balaban J connectivity index is 2.50. The number of aryl methyl sites for hydroxylation is 1. The number of ether oxygens (including phenoxy) is 2. The summed E-state index contributed by atoms with van der Waals surface area (Å²) in [7, 11) is 0. The smallest absolute Gasteiger partial charge is 0.339 e. The molecule has 0 radical (unpaired) electrons. The minimum absolute atomic E-state index is 0.370. The quantitative estimate of drug-likeness (QED) is 0.528. The van der Waals surface area contributed by atoms with Crippen LogP contribution < -0.4 is 10.4 Å². The summed E-state index contributed by atoms with van der Waals surface area (Å²) in [6.07, 6.45) is 1.34. The molecule has 0 amide bonds. The van der Waals surface area contributed by atoms with Crippen LogP contribution in [0.15, 0.2) is 34.2 Å². The van der Waals surface area contributed by atoms with Crippen molar-refractivity contribution in [2.24, 2.45) is 0 Å². The summed E-state index contributed by atoms with van der Waals surface area (Å²) >= 11 is 0. The van der Waals surface area contributed by atoms with Crippen molar-refractivity contribution < 1.29 is 13.9 Å². The topological polar surface area (TPSA) is 48.7 Å². The first-order chi connectivity index (χ1) is 6.72. The molecule has 4 heteroatoms. The summed E-state index contributed by atoms with van der Waals surface area (Å²) in [5.41, 5.74) is -0.412. The zero-order chi connectivity index (χ0) is 10.4. The van der Waals surface area contributed by atoms with Crippen LogP contribution in [0.1, 0.15) is 5.76 Å². The second-order valence-corrected chi connectivity index (χ2v) is 2.61. The number of hydrogen-bond donors (Lipinski definition) is 0. The standard InChI is InChI=1S/C10H12O4/c1-3-12-4-5-13-9-6-8(2)14-10(11)7-9/h3,6-7H,1,4-5H2,2H3. The molecule has 14 heavy (non-hydrogen) atoms. The summed E-state index contributed by atoms with van der Waals surface area (Å²) in [6, 6.07) is 2.94. The zero-order valence-electron chi connectivity index (χ0n) is 7.99. The van der Waals surface area contributed by atoms with Crippen molar-refractivity contribution >= 4 is 0 Å². The van der Waals surface area contributed by atoms with E-state index in [-0.39, 0.29) is 0 Å². The van der Waals surface area contributed by atoms with Crippen LogP contribution in [0.4, 0.5) is 0 Å². The van der Waals surface area contributed by atoms with Crippen molar-refractivity contribution in [3.05, 3.63) is 41.2 Å². The first-order valence-corrected chi connectivity index (χ1v) is 4.19. The molecule has 0 aromatic carbocycles. The minimum Gasteiger partial charge on any atom is -0.498 e. The maximum absolute atomic E-state index is 10.9. The van der Waals surface area contributed by atoms with Crippen LogP contribution in [0.3, 0.4) is 0 Å². The van der Waals surface area contributed by atoms with Crippen LogP contribution in [0.25, 0.3) is 0 Å². The van der Waals surface area contributed by atoms with Crippen molar-refractivity contribution in [3.8, 4) is 5.75 Å². The SMILES string of the molecule is C=COCCOc1cc(C)oc(=O)c1. The van der Waals surface area contributed by atoms with Crippen LogP contribution in [0.5, 0.6) is 5.75 Å². The molecular formula is C10H12O4. The molecule has 1 aromatic rings. The van der Waals surface area contributed by atoms with E-state index in [4.69, 9.17) is 13.9 Å².